The van der Waals surface area contributed by atoms with Crippen molar-refractivity contribution in [2.75, 3.05) is 20.2 Å². The number of carbonyl (C=O) groups excluding carboxylic acids is 2. The molecular formula is C12H21NO3. The van der Waals surface area contributed by atoms with Crippen molar-refractivity contribution in [3.8, 4) is 0 Å². The summed E-state index contributed by atoms with van der Waals surface area (Å²) < 4.78 is 4.57. The van der Waals surface area contributed by atoms with Crippen molar-refractivity contribution in [1.29, 1.82) is 0 Å². The molecule has 16 heavy (non-hydrogen) atoms. The molecule has 1 unspecified atom stereocenters. The summed E-state index contributed by atoms with van der Waals surface area (Å²) in [5.41, 5.74) is 0. The number of methoxy groups -OCH3 is 1. The molecule has 1 aliphatic heterocycles. The van der Waals surface area contributed by atoms with Crippen LogP contribution in [0.3, 0.4) is 0 Å². The van der Waals surface area contributed by atoms with Crippen LogP contribution in [0.15, 0.2) is 0 Å². The lowest BCUT2D eigenvalue weighted by molar-refractivity contribution is -0.141. The highest BCUT2D eigenvalue weighted by Crippen LogP contribution is 2.20. The van der Waals surface area contributed by atoms with E-state index in [4.69, 9.17) is 0 Å². The summed E-state index contributed by atoms with van der Waals surface area (Å²) in [4.78, 5) is 24.6. The third-order valence-electron chi connectivity index (χ3n) is 3.32. The van der Waals surface area contributed by atoms with Gasteiger partial charge in [0.25, 0.3) is 0 Å². The fraction of sp³-hybridized carbons (Fsp3) is 0.833. The summed E-state index contributed by atoms with van der Waals surface area (Å²) in [6.07, 6.45) is 4.12. The molecule has 1 rings (SSSR count). The predicted molar refractivity (Wildman–Crippen MR) is 60.8 cm³/mol. The Morgan fingerprint density at radius 1 is 1.50 bits per heavy atom. The van der Waals surface area contributed by atoms with E-state index in [-0.39, 0.29) is 11.9 Å². The molecule has 1 fully saturated rings. The minimum Gasteiger partial charge on any atom is -0.469 e. The van der Waals surface area contributed by atoms with Crippen molar-refractivity contribution in [3.63, 3.8) is 0 Å². The van der Waals surface area contributed by atoms with E-state index in [0.717, 1.165) is 25.8 Å². The Hall–Kier alpha value is -1.06. The summed E-state index contributed by atoms with van der Waals surface area (Å²) in [6.45, 7) is 3.45. The average molecular weight is 227 g/mol. The van der Waals surface area contributed by atoms with Crippen LogP contribution in [0.5, 0.6) is 0 Å². The first-order chi connectivity index (χ1) is 7.67. The van der Waals surface area contributed by atoms with Crippen molar-refractivity contribution < 1.29 is 14.3 Å². The Morgan fingerprint density at radius 3 is 2.88 bits per heavy atom. The van der Waals surface area contributed by atoms with E-state index in [9.17, 15) is 9.59 Å². The lowest BCUT2D eigenvalue weighted by atomic mass is 9.98. The topological polar surface area (TPSA) is 46.6 Å². The van der Waals surface area contributed by atoms with Crippen LogP contribution in [0.2, 0.25) is 0 Å². The van der Waals surface area contributed by atoms with Gasteiger partial charge in [-0.05, 0) is 18.8 Å². The molecule has 0 aromatic heterocycles. The maximum Gasteiger partial charge on any atom is 0.307 e. The average Bonchev–Trinajstić information content (AvgIpc) is 2.48. The third-order valence-corrected chi connectivity index (χ3v) is 3.32. The van der Waals surface area contributed by atoms with Gasteiger partial charge in [-0.1, -0.05) is 13.3 Å². The second-order valence-corrected chi connectivity index (χ2v) is 4.31. The molecule has 1 saturated heterocycles. The highest BCUT2D eigenvalue weighted by Gasteiger charge is 2.21. The van der Waals surface area contributed by atoms with E-state index in [1.165, 1.54) is 7.11 Å². The molecular weight excluding hydrogens is 206 g/mol. The largest absolute Gasteiger partial charge is 0.469 e. The molecule has 1 atom stereocenters. The summed E-state index contributed by atoms with van der Waals surface area (Å²) in [5, 5.41) is 0. The molecule has 0 saturated carbocycles. The van der Waals surface area contributed by atoms with Crippen LogP contribution in [0, 0.1) is 5.92 Å². The number of likely N-dealkylation sites (tertiary alicyclic amines) is 1. The van der Waals surface area contributed by atoms with E-state index in [1.807, 2.05) is 0 Å². The van der Waals surface area contributed by atoms with Gasteiger partial charge in [-0.25, -0.2) is 0 Å². The first kappa shape index (κ1) is 13.0. The quantitative estimate of drug-likeness (QED) is 0.685. The van der Waals surface area contributed by atoms with Crippen LogP contribution in [-0.4, -0.2) is 37.0 Å². The number of esters is 1. The van der Waals surface area contributed by atoms with Gasteiger partial charge in [-0.15, -0.1) is 0 Å². The summed E-state index contributed by atoms with van der Waals surface area (Å²) >= 11 is 0. The number of rotatable bonds is 4. The van der Waals surface area contributed by atoms with Gasteiger partial charge in [-0.3, -0.25) is 9.59 Å². The molecule has 1 aliphatic rings. The smallest absolute Gasteiger partial charge is 0.307 e. The van der Waals surface area contributed by atoms with Gasteiger partial charge in [0.2, 0.25) is 5.91 Å². The fourth-order valence-electron chi connectivity index (χ4n) is 2.07. The van der Waals surface area contributed by atoms with Gasteiger partial charge >= 0.3 is 5.97 Å². The van der Waals surface area contributed by atoms with E-state index >= 15 is 0 Å². The Labute approximate surface area is 96.9 Å². The Bertz CT molecular complexity index is 253. The summed E-state index contributed by atoms with van der Waals surface area (Å²) in [6, 6.07) is 0. The van der Waals surface area contributed by atoms with Gasteiger partial charge in [-0.2, -0.15) is 0 Å². The van der Waals surface area contributed by atoms with Gasteiger partial charge in [0.15, 0.2) is 0 Å². The molecule has 0 bridgehead atoms. The molecule has 0 aliphatic carbocycles. The third kappa shape index (κ3) is 3.83. The van der Waals surface area contributed by atoms with Gasteiger partial charge < -0.3 is 9.64 Å². The first-order valence-electron chi connectivity index (χ1n) is 6.02. The lowest BCUT2D eigenvalue weighted by Gasteiger charge is -2.19. The number of ether oxygens (including phenoxy) is 1. The van der Waals surface area contributed by atoms with Crippen LogP contribution in [-0.2, 0) is 14.3 Å². The molecule has 0 spiro atoms. The number of nitrogens with zero attached hydrogens (tertiary/aromatic N) is 1. The molecule has 0 N–H and O–H groups in total. The van der Waals surface area contributed by atoms with Gasteiger partial charge in [0.05, 0.1) is 13.5 Å². The number of hydrogen-bond acceptors (Lipinski definition) is 3. The first-order valence-corrected chi connectivity index (χ1v) is 6.02. The fourth-order valence-corrected chi connectivity index (χ4v) is 2.07. The van der Waals surface area contributed by atoms with Crippen molar-refractivity contribution in [2.24, 2.45) is 5.92 Å². The highest BCUT2D eigenvalue weighted by molar-refractivity contribution is 5.77. The van der Waals surface area contributed by atoms with Crippen LogP contribution >= 0.6 is 0 Å². The van der Waals surface area contributed by atoms with Crippen molar-refractivity contribution in [1.82, 2.24) is 4.90 Å². The van der Waals surface area contributed by atoms with Crippen LogP contribution in [0.25, 0.3) is 0 Å². The second-order valence-electron chi connectivity index (χ2n) is 4.31. The monoisotopic (exact) mass is 227 g/mol. The van der Waals surface area contributed by atoms with E-state index in [0.29, 0.717) is 25.3 Å². The minimum atomic E-state index is -0.246. The normalized spacial score (nSPS) is 21.8. The van der Waals surface area contributed by atoms with E-state index in [2.05, 4.69) is 11.7 Å². The predicted octanol–water partition coefficient (Wildman–Crippen LogP) is 1.59. The standard InChI is InChI=1S/C12H21NO3/c1-3-10-4-5-11(14)13(8-6-10)9-7-12(15)16-2/h10H,3-9H2,1-2H3. The van der Waals surface area contributed by atoms with Crippen molar-refractivity contribution >= 4 is 11.9 Å². The number of hydrogen-bond donors (Lipinski definition) is 0. The van der Waals surface area contributed by atoms with Crippen LogP contribution < -0.4 is 0 Å². The molecule has 92 valence electrons. The molecule has 1 heterocycles. The van der Waals surface area contributed by atoms with Crippen LogP contribution in [0.1, 0.15) is 39.0 Å². The molecule has 0 aromatic rings. The SMILES string of the molecule is CCC1CCC(=O)N(CCC(=O)OC)CC1. The zero-order chi connectivity index (χ0) is 12.0. The van der Waals surface area contributed by atoms with Gasteiger partial charge in [0, 0.05) is 19.5 Å². The van der Waals surface area contributed by atoms with Crippen molar-refractivity contribution in [3.05, 3.63) is 0 Å². The van der Waals surface area contributed by atoms with Crippen LogP contribution in [0.4, 0.5) is 0 Å². The highest BCUT2D eigenvalue weighted by atomic mass is 16.5. The Morgan fingerprint density at radius 2 is 2.25 bits per heavy atom. The van der Waals surface area contributed by atoms with Crippen molar-refractivity contribution in [2.45, 2.75) is 39.0 Å². The van der Waals surface area contributed by atoms with Gasteiger partial charge in [0.1, 0.15) is 0 Å². The molecule has 0 radical (unpaired) electrons. The minimum absolute atomic E-state index is 0.180. The van der Waals surface area contributed by atoms with E-state index in [1.54, 1.807) is 4.90 Å². The lowest BCUT2D eigenvalue weighted by Crippen LogP contribution is -2.32. The molecule has 4 nitrogen and oxygen atoms in total. The number of amides is 1. The number of carbonyl (C=O) groups is 2. The second kappa shape index (κ2) is 6.51. The maximum atomic E-state index is 11.8. The Kier molecular flexibility index (Phi) is 5.29. The Balaban J connectivity index is 2.40. The maximum absolute atomic E-state index is 11.8. The zero-order valence-electron chi connectivity index (χ0n) is 10.2. The molecule has 0 aromatic carbocycles. The summed E-state index contributed by atoms with van der Waals surface area (Å²) in [7, 11) is 1.37. The summed E-state index contributed by atoms with van der Waals surface area (Å²) in [5.74, 6) is 0.594. The molecule has 1 amide bonds. The zero-order valence-corrected chi connectivity index (χ0v) is 10.2. The van der Waals surface area contributed by atoms with E-state index < -0.39 is 0 Å². The molecule has 4 heteroatoms.